The van der Waals surface area contributed by atoms with E-state index in [1.54, 1.807) is 0 Å². The van der Waals surface area contributed by atoms with Crippen molar-refractivity contribution in [3.05, 3.63) is 35.9 Å². The molecule has 5 nitrogen and oxygen atoms in total. The van der Waals surface area contributed by atoms with Gasteiger partial charge in [-0.15, -0.1) is 0 Å². The van der Waals surface area contributed by atoms with Crippen molar-refractivity contribution in [3.8, 4) is 0 Å². The van der Waals surface area contributed by atoms with Gasteiger partial charge >= 0.3 is 6.03 Å². The van der Waals surface area contributed by atoms with Crippen LogP contribution in [0.4, 0.5) is 4.79 Å². The zero-order chi connectivity index (χ0) is 14.3. The van der Waals surface area contributed by atoms with Crippen LogP contribution in [-0.2, 0) is 11.2 Å². The molecule has 19 heavy (non-hydrogen) atoms. The molecular formula is C14H21N3O2. The van der Waals surface area contributed by atoms with Crippen LogP contribution >= 0.6 is 0 Å². The minimum atomic E-state index is -0.825. The van der Waals surface area contributed by atoms with Gasteiger partial charge < -0.3 is 11.1 Å². The summed E-state index contributed by atoms with van der Waals surface area (Å²) in [6.45, 7) is 4.12. The monoisotopic (exact) mass is 263 g/mol. The highest BCUT2D eigenvalue weighted by Gasteiger charge is 2.18. The van der Waals surface area contributed by atoms with Gasteiger partial charge in [-0.05, 0) is 32.3 Å². The first-order chi connectivity index (χ1) is 8.89. The van der Waals surface area contributed by atoms with Gasteiger partial charge in [0.15, 0.2) is 0 Å². The maximum Gasteiger partial charge on any atom is 0.318 e. The Bertz CT molecular complexity index is 430. The number of nitrogens with two attached hydrogens (primary N) is 1. The Balaban J connectivity index is 2.35. The van der Waals surface area contributed by atoms with Crippen LogP contribution in [0, 0.1) is 0 Å². The molecule has 1 aromatic carbocycles. The van der Waals surface area contributed by atoms with Gasteiger partial charge in [-0.3, -0.25) is 10.1 Å². The molecule has 4 N–H and O–H groups in total. The lowest BCUT2D eigenvalue weighted by Crippen LogP contribution is -2.47. The van der Waals surface area contributed by atoms with E-state index in [9.17, 15) is 9.59 Å². The quantitative estimate of drug-likeness (QED) is 0.720. The van der Waals surface area contributed by atoms with Crippen molar-refractivity contribution in [2.75, 3.05) is 6.54 Å². The minimum absolute atomic E-state index is 0.0741. The van der Waals surface area contributed by atoms with E-state index in [4.69, 9.17) is 5.73 Å². The van der Waals surface area contributed by atoms with Gasteiger partial charge in [0, 0.05) is 5.54 Å². The Kier molecular flexibility index (Phi) is 5.51. The van der Waals surface area contributed by atoms with Gasteiger partial charge in [0.05, 0.1) is 6.54 Å². The van der Waals surface area contributed by atoms with Crippen LogP contribution in [0.1, 0.15) is 25.8 Å². The number of benzene rings is 1. The van der Waals surface area contributed by atoms with Crippen molar-refractivity contribution in [3.63, 3.8) is 0 Å². The Labute approximate surface area is 113 Å². The molecule has 5 heteroatoms. The first kappa shape index (κ1) is 15.2. The third-order valence-electron chi connectivity index (χ3n) is 2.87. The van der Waals surface area contributed by atoms with E-state index in [1.807, 2.05) is 37.4 Å². The Morgan fingerprint density at radius 1 is 1.21 bits per heavy atom. The third kappa shape index (κ3) is 6.57. The number of rotatable bonds is 6. The molecule has 0 radical (unpaired) electrons. The summed E-state index contributed by atoms with van der Waals surface area (Å²) in [6.07, 6.45) is 1.82. The zero-order valence-corrected chi connectivity index (χ0v) is 11.4. The molecule has 0 saturated heterocycles. The summed E-state index contributed by atoms with van der Waals surface area (Å²) >= 11 is 0. The van der Waals surface area contributed by atoms with Crippen molar-refractivity contribution < 1.29 is 9.59 Å². The van der Waals surface area contributed by atoms with Gasteiger partial charge in [-0.25, -0.2) is 4.79 Å². The fraction of sp³-hybridized carbons (Fsp3) is 0.429. The van der Waals surface area contributed by atoms with Gasteiger partial charge in [0.2, 0.25) is 5.91 Å². The molecule has 0 fully saturated rings. The SMILES string of the molecule is CC(C)(CCc1ccccc1)NCC(=O)NC(N)=O. The molecule has 104 valence electrons. The molecule has 1 aromatic rings. The van der Waals surface area contributed by atoms with Crippen LogP contribution in [0.2, 0.25) is 0 Å². The summed E-state index contributed by atoms with van der Waals surface area (Å²) in [7, 11) is 0. The van der Waals surface area contributed by atoms with Crippen LogP contribution in [0.5, 0.6) is 0 Å². The topological polar surface area (TPSA) is 84.2 Å². The Hall–Kier alpha value is -1.88. The van der Waals surface area contributed by atoms with Gasteiger partial charge in [-0.2, -0.15) is 0 Å². The maximum absolute atomic E-state index is 11.3. The van der Waals surface area contributed by atoms with E-state index >= 15 is 0 Å². The molecule has 0 bridgehead atoms. The predicted molar refractivity (Wildman–Crippen MR) is 74.6 cm³/mol. The first-order valence-electron chi connectivity index (χ1n) is 6.27. The second-order valence-corrected chi connectivity index (χ2v) is 5.14. The number of carbonyl (C=O) groups excluding carboxylic acids is 2. The molecule has 0 heterocycles. The van der Waals surface area contributed by atoms with Crippen LogP contribution in [0.15, 0.2) is 30.3 Å². The highest BCUT2D eigenvalue weighted by Crippen LogP contribution is 2.13. The number of primary amides is 1. The van der Waals surface area contributed by atoms with Crippen LogP contribution in [0.25, 0.3) is 0 Å². The summed E-state index contributed by atoms with van der Waals surface area (Å²) in [6, 6.07) is 9.34. The molecule has 0 unspecified atom stereocenters. The van der Waals surface area contributed by atoms with E-state index < -0.39 is 11.9 Å². The summed E-state index contributed by atoms with van der Waals surface area (Å²) in [5.74, 6) is -0.416. The predicted octanol–water partition coefficient (Wildman–Crippen LogP) is 1.18. The second-order valence-electron chi connectivity index (χ2n) is 5.14. The smallest absolute Gasteiger partial charge is 0.318 e. The molecular weight excluding hydrogens is 242 g/mol. The average molecular weight is 263 g/mol. The number of imide groups is 1. The molecule has 0 spiro atoms. The van der Waals surface area contributed by atoms with E-state index in [0.29, 0.717) is 0 Å². The third-order valence-corrected chi connectivity index (χ3v) is 2.87. The van der Waals surface area contributed by atoms with E-state index in [2.05, 4.69) is 17.4 Å². The minimum Gasteiger partial charge on any atom is -0.351 e. The van der Waals surface area contributed by atoms with Crippen molar-refractivity contribution in [2.45, 2.75) is 32.2 Å². The zero-order valence-electron chi connectivity index (χ0n) is 11.4. The number of aryl methyl sites for hydroxylation is 1. The van der Waals surface area contributed by atoms with Crippen LogP contribution in [-0.4, -0.2) is 24.0 Å². The van der Waals surface area contributed by atoms with Crippen molar-refractivity contribution >= 4 is 11.9 Å². The molecule has 0 aliphatic rings. The molecule has 0 atom stereocenters. The van der Waals surface area contributed by atoms with E-state index in [1.165, 1.54) is 5.56 Å². The lowest BCUT2D eigenvalue weighted by atomic mass is 9.95. The Morgan fingerprint density at radius 3 is 2.42 bits per heavy atom. The van der Waals surface area contributed by atoms with Crippen molar-refractivity contribution in [1.29, 1.82) is 0 Å². The van der Waals surface area contributed by atoms with Crippen LogP contribution in [0.3, 0.4) is 0 Å². The number of hydrogen-bond acceptors (Lipinski definition) is 3. The molecule has 0 aliphatic heterocycles. The number of nitrogens with one attached hydrogen (secondary N) is 2. The summed E-state index contributed by atoms with van der Waals surface area (Å²) in [5.41, 5.74) is 5.94. The summed E-state index contributed by atoms with van der Waals surface area (Å²) in [4.78, 5) is 21.8. The van der Waals surface area contributed by atoms with Gasteiger partial charge in [-0.1, -0.05) is 30.3 Å². The highest BCUT2D eigenvalue weighted by molar-refractivity contribution is 5.94. The fourth-order valence-electron chi connectivity index (χ4n) is 1.69. The molecule has 0 aromatic heterocycles. The lowest BCUT2D eigenvalue weighted by Gasteiger charge is -2.26. The van der Waals surface area contributed by atoms with Crippen molar-refractivity contribution in [1.82, 2.24) is 10.6 Å². The summed E-state index contributed by atoms with van der Waals surface area (Å²) < 4.78 is 0. The molecule has 3 amide bonds. The number of hydrogen-bond donors (Lipinski definition) is 3. The molecule has 0 aliphatic carbocycles. The average Bonchev–Trinajstić information content (AvgIpc) is 2.35. The fourth-order valence-corrected chi connectivity index (χ4v) is 1.69. The largest absolute Gasteiger partial charge is 0.351 e. The number of carbonyl (C=O) groups is 2. The van der Waals surface area contributed by atoms with Gasteiger partial charge in [0.25, 0.3) is 0 Å². The Morgan fingerprint density at radius 2 is 1.84 bits per heavy atom. The maximum atomic E-state index is 11.3. The van der Waals surface area contributed by atoms with Crippen LogP contribution < -0.4 is 16.4 Å². The lowest BCUT2D eigenvalue weighted by molar-refractivity contribution is -0.119. The van der Waals surface area contributed by atoms with E-state index in [-0.39, 0.29) is 12.1 Å². The molecule has 1 rings (SSSR count). The number of urea groups is 1. The normalized spacial score (nSPS) is 11.1. The second kappa shape index (κ2) is 6.89. The van der Waals surface area contributed by atoms with E-state index in [0.717, 1.165) is 12.8 Å². The summed E-state index contributed by atoms with van der Waals surface area (Å²) in [5, 5.41) is 5.14. The molecule has 0 saturated carbocycles. The number of amides is 3. The first-order valence-corrected chi connectivity index (χ1v) is 6.27. The standard InChI is InChI=1S/C14H21N3O2/c1-14(2,16-10-12(18)17-13(15)19)9-8-11-6-4-3-5-7-11/h3-7,16H,8-10H2,1-2H3,(H3,15,17,18,19). The van der Waals surface area contributed by atoms with Gasteiger partial charge in [0.1, 0.15) is 0 Å². The van der Waals surface area contributed by atoms with Crippen molar-refractivity contribution in [2.24, 2.45) is 5.73 Å². The highest BCUT2D eigenvalue weighted by atomic mass is 16.2.